The Labute approximate surface area is 147 Å². The first-order valence-corrected chi connectivity index (χ1v) is 8.82. The van der Waals surface area contributed by atoms with Crippen LogP contribution in [0, 0.1) is 5.82 Å². The first-order chi connectivity index (χ1) is 12.0. The molecule has 2 aliphatic heterocycles. The van der Waals surface area contributed by atoms with Gasteiger partial charge in [0.15, 0.2) is 0 Å². The van der Waals surface area contributed by atoms with Crippen LogP contribution in [0.4, 0.5) is 14.9 Å². The third-order valence-electron chi connectivity index (χ3n) is 4.51. The van der Waals surface area contributed by atoms with Gasteiger partial charge in [-0.3, -0.25) is 0 Å². The molecule has 25 heavy (non-hydrogen) atoms. The van der Waals surface area contributed by atoms with Gasteiger partial charge in [0.2, 0.25) is 0 Å². The fraction of sp³-hybridized carbons (Fsp3) is 0.611. The van der Waals surface area contributed by atoms with Crippen LogP contribution >= 0.6 is 0 Å². The van der Waals surface area contributed by atoms with E-state index in [4.69, 9.17) is 9.47 Å². The van der Waals surface area contributed by atoms with Gasteiger partial charge >= 0.3 is 6.03 Å². The maximum atomic E-state index is 14.5. The molecule has 0 aromatic heterocycles. The summed E-state index contributed by atoms with van der Waals surface area (Å²) in [6.45, 7) is 7.96. The lowest BCUT2D eigenvalue weighted by atomic mass is 10.1. The monoisotopic (exact) mass is 351 g/mol. The van der Waals surface area contributed by atoms with Crippen molar-refractivity contribution in [3.8, 4) is 0 Å². The van der Waals surface area contributed by atoms with Crippen molar-refractivity contribution in [1.82, 2.24) is 10.2 Å². The fourth-order valence-corrected chi connectivity index (χ4v) is 3.35. The van der Waals surface area contributed by atoms with Gasteiger partial charge in [0.25, 0.3) is 0 Å². The lowest BCUT2D eigenvalue weighted by Crippen LogP contribution is -2.46. The molecule has 0 bridgehead atoms. The minimum Gasteiger partial charge on any atom is -0.378 e. The van der Waals surface area contributed by atoms with Crippen LogP contribution in [0.25, 0.3) is 0 Å². The van der Waals surface area contributed by atoms with Crippen LogP contribution in [-0.2, 0) is 16.0 Å². The van der Waals surface area contributed by atoms with Gasteiger partial charge in [0.05, 0.1) is 31.1 Å². The number of anilines is 1. The summed E-state index contributed by atoms with van der Waals surface area (Å²) in [4.78, 5) is 15.8. The van der Waals surface area contributed by atoms with Gasteiger partial charge in [-0.1, -0.05) is 6.07 Å². The molecular formula is C18H26FN3O3. The van der Waals surface area contributed by atoms with Crippen LogP contribution in [-0.4, -0.2) is 62.5 Å². The van der Waals surface area contributed by atoms with Crippen LogP contribution in [0.1, 0.15) is 19.4 Å². The van der Waals surface area contributed by atoms with Crippen LogP contribution in [0.15, 0.2) is 18.2 Å². The average Bonchev–Trinajstić information content (AvgIpc) is 2.59. The van der Waals surface area contributed by atoms with E-state index in [1.165, 1.54) is 6.07 Å². The van der Waals surface area contributed by atoms with Gasteiger partial charge in [-0.25, -0.2) is 9.18 Å². The Morgan fingerprint density at radius 2 is 1.92 bits per heavy atom. The number of ether oxygens (including phenoxy) is 2. The number of hydrogen-bond acceptors (Lipinski definition) is 4. The lowest BCUT2D eigenvalue weighted by molar-refractivity contribution is -0.00539. The van der Waals surface area contributed by atoms with Crippen LogP contribution in [0.2, 0.25) is 0 Å². The van der Waals surface area contributed by atoms with Crippen LogP contribution in [0.5, 0.6) is 0 Å². The molecular weight excluding hydrogens is 325 g/mol. The number of nitrogens with zero attached hydrogens (tertiary/aromatic N) is 2. The topological polar surface area (TPSA) is 54.0 Å². The van der Waals surface area contributed by atoms with Crippen molar-refractivity contribution >= 4 is 11.7 Å². The number of halogens is 1. The zero-order valence-electron chi connectivity index (χ0n) is 14.8. The SMILES string of the molecule is CC1CN(c2ccc(CNC(=O)N3CCOCC3)cc2F)CC(C)O1. The summed E-state index contributed by atoms with van der Waals surface area (Å²) in [7, 11) is 0. The first kappa shape index (κ1) is 17.9. The van der Waals surface area contributed by atoms with Gasteiger partial charge in [-0.05, 0) is 31.5 Å². The molecule has 0 aliphatic carbocycles. The molecule has 2 saturated heterocycles. The smallest absolute Gasteiger partial charge is 0.317 e. The summed E-state index contributed by atoms with van der Waals surface area (Å²) in [6, 6.07) is 5.02. The molecule has 6 nitrogen and oxygen atoms in total. The normalized spacial score (nSPS) is 24.3. The van der Waals surface area contributed by atoms with E-state index in [2.05, 4.69) is 5.32 Å². The van der Waals surface area contributed by atoms with Crippen molar-refractivity contribution < 1.29 is 18.7 Å². The summed E-state index contributed by atoms with van der Waals surface area (Å²) < 4.78 is 25.5. The Morgan fingerprint density at radius 1 is 1.24 bits per heavy atom. The third kappa shape index (κ3) is 4.61. The summed E-state index contributed by atoms with van der Waals surface area (Å²) in [6.07, 6.45) is 0.159. The van der Waals surface area contributed by atoms with Crippen molar-refractivity contribution in [2.75, 3.05) is 44.3 Å². The Hall–Kier alpha value is -1.86. The summed E-state index contributed by atoms with van der Waals surface area (Å²) in [5.41, 5.74) is 1.34. The van der Waals surface area contributed by atoms with E-state index >= 15 is 0 Å². The second-order valence-electron chi connectivity index (χ2n) is 6.71. The predicted molar refractivity (Wildman–Crippen MR) is 93.2 cm³/mol. The third-order valence-corrected chi connectivity index (χ3v) is 4.51. The lowest BCUT2D eigenvalue weighted by Gasteiger charge is -2.37. The van der Waals surface area contributed by atoms with Gasteiger partial charge in [0, 0.05) is 32.7 Å². The Morgan fingerprint density at radius 3 is 2.56 bits per heavy atom. The molecule has 2 amide bonds. The van der Waals surface area contributed by atoms with Gasteiger partial charge in [-0.2, -0.15) is 0 Å². The van der Waals surface area contributed by atoms with Crippen molar-refractivity contribution in [1.29, 1.82) is 0 Å². The van der Waals surface area contributed by atoms with Crippen molar-refractivity contribution in [2.24, 2.45) is 0 Å². The second-order valence-corrected chi connectivity index (χ2v) is 6.71. The molecule has 1 N–H and O–H groups in total. The zero-order chi connectivity index (χ0) is 17.8. The molecule has 2 atom stereocenters. The highest BCUT2D eigenvalue weighted by atomic mass is 19.1. The van der Waals surface area contributed by atoms with Crippen molar-refractivity contribution in [2.45, 2.75) is 32.6 Å². The quantitative estimate of drug-likeness (QED) is 0.905. The van der Waals surface area contributed by atoms with Crippen molar-refractivity contribution in [3.05, 3.63) is 29.6 Å². The van der Waals surface area contributed by atoms with E-state index < -0.39 is 0 Å². The van der Waals surface area contributed by atoms with E-state index in [-0.39, 0.29) is 24.1 Å². The maximum Gasteiger partial charge on any atom is 0.317 e. The number of carbonyl (C=O) groups is 1. The second kappa shape index (κ2) is 8.01. The summed E-state index contributed by atoms with van der Waals surface area (Å²) in [5, 5.41) is 2.84. The van der Waals surface area contributed by atoms with Crippen LogP contribution in [0.3, 0.4) is 0 Å². The number of nitrogens with one attached hydrogen (secondary N) is 1. The highest BCUT2D eigenvalue weighted by Gasteiger charge is 2.24. The van der Waals surface area contributed by atoms with E-state index in [0.717, 1.165) is 5.56 Å². The molecule has 2 fully saturated rings. The number of morpholine rings is 2. The minimum absolute atomic E-state index is 0.0793. The van der Waals surface area contributed by atoms with E-state index in [0.29, 0.717) is 51.6 Å². The molecule has 3 rings (SSSR count). The number of rotatable bonds is 3. The molecule has 1 aromatic rings. The summed E-state index contributed by atoms with van der Waals surface area (Å²) >= 11 is 0. The van der Waals surface area contributed by atoms with Crippen molar-refractivity contribution in [3.63, 3.8) is 0 Å². The number of benzene rings is 1. The Balaban J connectivity index is 1.59. The molecule has 1 aromatic carbocycles. The summed E-state index contributed by atoms with van der Waals surface area (Å²) in [5.74, 6) is -0.264. The largest absolute Gasteiger partial charge is 0.378 e. The van der Waals surface area contributed by atoms with Gasteiger partial charge in [0.1, 0.15) is 5.82 Å². The molecule has 0 radical (unpaired) electrons. The molecule has 2 aliphatic rings. The zero-order valence-corrected chi connectivity index (χ0v) is 14.8. The predicted octanol–water partition coefficient (Wildman–Crippen LogP) is 1.98. The first-order valence-electron chi connectivity index (χ1n) is 8.82. The standard InChI is InChI=1S/C18H26FN3O3/c1-13-11-22(12-14(2)25-13)17-4-3-15(9-16(17)19)10-20-18(23)21-5-7-24-8-6-21/h3-4,9,13-14H,5-8,10-12H2,1-2H3,(H,20,23). The molecule has 0 spiro atoms. The Bertz CT molecular complexity index is 597. The minimum atomic E-state index is -0.264. The van der Waals surface area contributed by atoms with E-state index in [1.54, 1.807) is 11.0 Å². The molecule has 7 heteroatoms. The number of urea groups is 1. The van der Waals surface area contributed by atoms with Crippen LogP contribution < -0.4 is 10.2 Å². The van der Waals surface area contributed by atoms with Gasteiger partial charge < -0.3 is 24.6 Å². The van der Waals surface area contributed by atoms with Gasteiger partial charge in [-0.15, -0.1) is 0 Å². The number of carbonyl (C=O) groups excluding carboxylic acids is 1. The highest BCUT2D eigenvalue weighted by molar-refractivity contribution is 5.74. The average molecular weight is 351 g/mol. The number of amides is 2. The molecule has 2 unspecified atom stereocenters. The van der Waals surface area contributed by atoms with E-state index in [9.17, 15) is 9.18 Å². The molecule has 2 heterocycles. The van der Waals surface area contributed by atoms with E-state index in [1.807, 2.05) is 24.8 Å². The maximum absolute atomic E-state index is 14.5. The Kier molecular flexibility index (Phi) is 5.75. The molecule has 138 valence electrons. The number of hydrogen-bond donors (Lipinski definition) is 1. The molecule has 0 saturated carbocycles. The highest BCUT2D eigenvalue weighted by Crippen LogP contribution is 2.24. The fourth-order valence-electron chi connectivity index (χ4n) is 3.35.